The predicted molar refractivity (Wildman–Crippen MR) is 121 cm³/mol. The molecule has 2 atom stereocenters. The fraction of sp³-hybridized carbons (Fsp3) is 0.600. The Balaban J connectivity index is 0.00000450. The number of esters is 1. The zero-order valence-electron chi connectivity index (χ0n) is 17.7. The number of nitrogens with zero attached hydrogens (tertiary/aromatic N) is 2. The van der Waals surface area contributed by atoms with Gasteiger partial charge in [-0.3, -0.25) is 9.79 Å². The van der Waals surface area contributed by atoms with Gasteiger partial charge in [-0.15, -0.1) is 24.0 Å². The van der Waals surface area contributed by atoms with Crippen LogP contribution in [0.25, 0.3) is 0 Å². The third-order valence-corrected chi connectivity index (χ3v) is 4.86. The monoisotopic (exact) mass is 541 g/mol. The van der Waals surface area contributed by atoms with Crippen molar-refractivity contribution in [1.82, 2.24) is 10.2 Å². The summed E-state index contributed by atoms with van der Waals surface area (Å²) in [7, 11) is 2.80. The van der Waals surface area contributed by atoms with Crippen LogP contribution in [0.4, 0.5) is 8.78 Å². The van der Waals surface area contributed by atoms with Crippen LogP contribution in [-0.2, 0) is 16.0 Å². The van der Waals surface area contributed by atoms with Crippen molar-refractivity contribution in [2.45, 2.75) is 26.9 Å². The van der Waals surface area contributed by atoms with E-state index in [1.807, 2.05) is 13.8 Å². The number of guanidine groups is 1. The molecule has 1 fully saturated rings. The van der Waals surface area contributed by atoms with Gasteiger partial charge in [0.15, 0.2) is 17.5 Å². The summed E-state index contributed by atoms with van der Waals surface area (Å²) in [6.45, 7) is 3.49. The highest BCUT2D eigenvalue weighted by molar-refractivity contribution is 14.0. The number of hydrogen-bond acceptors (Lipinski definition) is 5. The number of likely N-dealkylation sites (tertiary alicyclic amines) is 1. The maximum absolute atomic E-state index is 12.6. The van der Waals surface area contributed by atoms with Gasteiger partial charge in [0.25, 0.3) is 0 Å². The second kappa shape index (κ2) is 12.8. The van der Waals surface area contributed by atoms with E-state index < -0.39 is 6.61 Å². The lowest BCUT2D eigenvalue weighted by Crippen LogP contribution is -2.40. The summed E-state index contributed by atoms with van der Waals surface area (Å²) in [4.78, 5) is 18.6. The number of methoxy groups -OCH3 is 2. The molecule has 1 aromatic rings. The minimum absolute atomic E-state index is 0. The number of ether oxygens (including phenoxy) is 3. The Morgan fingerprint density at radius 3 is 2.63 bits per heavy atom. The molecule has 1 aliphatic heterocycles. The van der Waals surface area contributed by atoms with Crippen molar-refractivity contribution in [2.24, 2.45) is 16.8 Å². The van der Waals surface area contributed by atoms with E-state index in [-0.39, 0.29) is 53.3 Å². The fourth-order valence-electron chi connectivity index (χ4n) is 3.38. The number of hydrogen-bond donors (Lipinski definition) is 1. The molecule has 0 spiro atoms. The number of aliphatic imine (C=N–C) groups is 1. The predicted octanol–water partition coefficient (Wildman–Crippen LogP) is 3.16. The van der Waals surface area contributed by atoms with Gasteiger partial charge < -0.3 is 24.4 Å². The van der Waals surface area contributed by atoms with Crippen molar-refractivity contribution < 1.29 is 27.8 Å². The lowest BCUT2D eigenvalue weighted by molar-refractivity contribution is -0.146. The van der Waals surface area contributed by atoms with Crippen LogP contribution in [0.2, 0.25) is 0 Å². The number of carbonyl (C=O) groups excluding carboxylic acids is 1. The van der Waals surface area contributed by atoms with Crippen LogP contribution in [0.1, 0.15) is 19.4 Å². The Kier molecular flexibility index (Phi) is 11.1. The summed E-state index contributed by atoms with van der Waals surface area (Å²) < 4.78 is 39.6. The first-order chi connectivity index (χ1) is 13.9. The molecule has 1 saturated heterocycles. The maximum atomic E-state index is 12.6. The van der Waals surface area contributed by atoms with E-state index in [9.17, 15) is 13.6 Å². The van der Waals surface area contributed by atoms with Crippen molar-refractivity contribution in [2.75, 3.05) is 40.4 Å². The molecule has 0 amide bonds. The van der Waals surface area contributed by atoms with Crippen molar-refractivity contribution in [3.05, 3.63) is 23.8 Å². The van der Waals surface area contributed by atoms with E-state index in [4.69, 9.17) is 9.47 Å². The zero-order valence-corrected chi connectivity index (χ0v) is 20.0. The first-order valence-corrected chi connectivity index (χ1v) is 9.62. The standard InChI is InChI=1S/C20H29F2N3O4.HI/c1-5-23-20(25-11-13(2)15(12-25)18(26)28-4)24-9-8-14-6-7-16(27-3)17(10-14)29-19(21)22;/h6-7,10,13,15,19H,5,8-9,11-12H2,1-4H3,(H,23,24);1H. The Morgan fingerprint density at radius 1 is 1.30 bits per heavy atom. The van der Waals surface area contributed by atoms with Gasteiger partial charge in [0.1, 0.15) is 0 Å². The summed E-state index contributed by atoms with van der Waals surface area (Å²) in [5.41, 5.74) is 0.809. The van der Waals surface area contributed by atoms with Gasteiger partial charge >= 0.3 is 12.6 Å². The normalized spacial score (nSPS) is 18.8. The number of benzene rings is 1. The lowest BCUT2D eigenvalue weighted by atomic mass is 9.99. The first kappa shape index (κ1) is 26.2. The average Bonchev–Trinajstić information content (AvgIpc) is 3.08. The van der Waals surface area contributed by atoms with Gasteiger partial charge in [0, 0.05) is 26.2 Å². The molecular formula is C20H30F2IN3O4. The Hall–Kier alpha value is -1.85. The third-order valence-electron chi connectivity index (χ3n) is 4.86. The zero-order chi connectivity index (χ0) is 21.4. The lowest BCUT2D eigenvalue weighted by Gasteiger charge is -2.21. The molecule has 170 valence electrons. The minimum atomic E-state index is -2.92. The van der Waals surface area contributed by atoms with Gasteiger partial charge in [-0.05, 0) is 37.0 Å². The van der Waals surface area contributed by atoms with E-state index >= 15 is 0 Å². The van der Waals surface area contributed by atoms with Crippen LogP contribution in [0, 0.1) is 11.8 Å². The molecule has 0 radical (unpaired) electrons. The third kappa shape index (κ3) is 7.13. The first-order valence-electron chi connectivity index (χ1n) is 9.62. The van der Waals surface area contributed by atoms with Gasteiger partial charge in [-0.2, -0.15) is 8.78 Å². The smallest absolute Gasteiger partial charge is 0.387 e. The second-order valence-electron chi connectivity index (χ2n) is 6.86. The van der Waals surface area contributed by atoms with Crippen LogP contribution in [0.3, 0.4) is 0 Å². The van der Waals surface area contributed by atoms with E-state index in [0.717, 1.165) is 11.5 Å². The molecule has 7 nitrogen and oxygen atoms in total. The van der Waals surface area contributed by atoms with Gasteiger partial charge in [0.2, 0.25) is 0 Å². The molecule has 1 N–H and O–H groups in total. The van der Waals surface area contributed by atoms with Crippen LogP contribution in [0.5, 0.6) is 11.5 Å². The van der Waals surface area contributed by atoms with Crippen LogP contribution in [-0.4, -0.2) is 63.8 Å². The van der Waals surface area contributed by atoms with E-state index in [0.29, 0.717) is 32.6 Å². The van der Waals surface area contributed by atoms with E-state index in [1.165, 1.54) is 14.2 Å². The molecular weight excluding hydrogens is 511 g/mol. The van der Waals surface area contributed by atoms with Crippen LogP contribution < -0.4 is 14.8 Å². The van der Waals surface area contributed by atoms with Crippen LogP contribution >= 0.6 is 24.0 Å². The molecule has 2 unspecified atom stereocenters. The second-order valence-corrected chi connectivity index (χ2v) is 6.86. The molecule has 0 aliphatic carbocycles. The average molecular weight is 541 g/mol. The molecule has 0 saturated carbocycles. The Bertz CT molecular complexity index is 721. The van der Waals surface area contributed by atoms with E-state index in [2.05, 4.69) is 19.9 Å². The molecule has 10 heteroatoms. The van der Waals surface area contributed by atoms with Gasteiger partial charge in [-0.25, -0.2) is 0 Å². The summed E-state index contributed by atoms with van der Waals surface area (Å²) in [5.74, 6) is 0.765. The van der Waals surface area contributed by atoms with Crippen molar-refractivity contribution in [3.8, 4) is 11.5 Å². The maximum Gasteiger partial charge on any atom is 0.387 e. The fourth-order valence-corrected chi connectivity index (χ4v) is 3.38. The molecule has 0 aromatic heterocycles. The highest BCUT2D eigenvalue weighted by Gasteiger charge is 2.36. The van der Waals surface area contributed by atoms with Crippen molar-refractivity contribution >= 4 is 35.9 Å². The largest absolute Gasteiger partial charge is 0.493 e. The van der Waals surface area contributed by atoms with Gasteiger partial charge in [-0.1, -0.05) is 13.0 Å². The number of alkyl halides is 2. The Labute approximate surface area is 193 Å². The highest BCUT2D eigenvalue weighted by atomic mass is 127. The summed E-state index contributed by atoms with van der Waals surface area (Å²) in [5, 5.41) is 3.24. The molecule has 1 aromatic carbocycles. The number of carbonyl (C=O) groups is 1. The molecule has 0 bridgehead atoms. The van der Waals surface area contributed by atoms with Gasteiger partial charge in [0.05, 0.1) is 20.1 Å². The molecule has 2 rings (SSSR count). The van der Waals surface area contributed by atoms with Crippen molar-refractivity contribution in [3.63, 3.8) is 0 Å². The quantitative estimate of drug-likeness (QED) is 0.236. The molecule has 1 heterocycles. The molecule has 1 aliphatic rings. The molecule has 30 heavy (non-hydrogen) atoms. The number of nitrogens with one attached hydrogen (secondary N) is 1. The van der Waals surface area contributed by atoms with Crippen molar-refractivity contribution in [1.29, 1.82) is 0 Å². The SMILES string of the molecule is CCNC(=NCCc1ccc(OC)c(OC(F)F)c1)N1CC(C)C(C(=O)OC)C1.I. The van der Waals surface area contributed by atoms with E-state index in [1.54, 1.807) is 18.2 Å². The van der Waals surface area contributed by atoms with Crippen LogP contribution in [0.15, 0.2) is 23.2 Å². The Morgan fingerprint density at radius 2 is 2.03 bits per heavy atom. The number of rotatable bonds is 8. The topological polar surface area (TPSA) is 72.4 Å². The minimum Gasteiger partial charge on any atom is -0.493 e. The summed E-state index contributed by atoms with van der Waals surface area (Å²) in [6, 6.07) is 4.94. The summed E-state index contributed by atoms with van der Waals surface area (Å²) in [6.07, 6.45) is 0.544. The summed E-state index contributed by atoms with van der Waals surface area (Å²) >= 11 is 0. The highest BCUT2D eigenvalue weighted by Crippen LogP contribution is 2.29. The number of halogens is 3.